The van der Waals surface area contributed by atoms with E-state index in [-0.39, 0.29) is 5.95 Å². The van der Waals surface area contributed by atoms with Crippen LogP contribution in [0, 0.1) is 12.3 Å². The van der Waals surface area contributed by atoms with E-state index in [2.05, 4.69) is 15.6 Å². The first-order valence-corrected chi connectivity index (χ1v) is 3.08. The molecule has 1 atom stereocenters. The molecule has 0 fully saturated rings. The molecule has 0 spiro atoms. The van der Waals surface area contributed by atoms with Gasteiger partial charge in [-0.1, -0.05) is 5.16 Å². The number of aromatic hydroxyl groups is 1. The molecule has 0 bridgehead atoms. The molecule has 0 aliphatic carbocycles. The lowest BCUT2D eigenvalue weighted by Crippen LogP contribution is -2.08. The van der Waals surface area contributed by atoms with Crippen molar-refractivity contribution < 1.29 is 9.63 Å². The Kier molecular flexibility index (Phi) is 2.14. The molecule has 0 radical (unpaired) electrons. The van der Waals surface area contributed by atoms with Crippen molar-refractivity contribution in [2.45, 2.75) is 12.5 Å². The second-order valence-electron chi connectivity index (χ2n) is 2.10. The third-order valence-electron chi connectivity index (χ3n) is 1.32. The Bertz CT molecular complexity index is 274. The van der Waals surface area contributed by atoms with Gasteiger partial charge in [0.25, 0.3) is 0 Å². The van der Waals surface area contributed by atoms with Crippen LogP contribution in [0.3, 0.4) is 0 Å². The van der Waals surface area contributed by atoms with E-state index in [1.54, 1.807) is 0 Å². The van der Waals surface area contributed by atoms with Gasteiger partial charge in [0, 0.05) is 12.5 Å². The molecule has 0 saturated carbocycles. The van der Waals surface area contributed by atoms with Crippen LogP contribution < -0.4 is 5.73 Å². The smallest absolute Gasteiger partial charge is 0.313 e. The highest BCUT2D eigenvalue weighted by Gasteiger charge is 2.12. The molecule has 11 heavy (non-hydrogen) atoms. The first-order valence-electron chi connectivity index (χ1n) is 3.08. The van der Waals surface area contributed by atoms with Crippen LogP contribution in [-0.4, -0.2) is 10.3 Å². The van der Waals surface area contributed by atoms with Gasteiger partial charge in [0.2, 0.25) is 0 Å². The molecule has 1 aromatic heterocycles. The maximum Gasteiger partial charge on any atom is 0.313 e. The Hall–Kier alpha value is -1.47. The van der Waals surface area contributed by atoms with Crippen molar-refractivity contribution in [2.24, 2.45) is 5.73 Å². The average molecular weight is 152 g/mol. The molecule has 58 valence electrons. The lowest BCUT2D eigenvalue weighted by molar-refractivity contribution is 0.273. The molecule has 0 aromatic carbocycles. The van der Waals surface area contributed by atoms with E-state index in [4.69, 9.17) is 17.3 Å². The largest absolute Gasteiger partial charge is 0.479 e. The highest BCUT2D eigenvalue weighted by molar-refractivity contribution is 5.22. The molecule has 4 nitrogen and oxygen atoms in total. The van der Waals surface area contributed by atoms with Crippen LogP contribution in [0.15, 0.2) is 10.7 Å². The van der Waals surface area contributed by atoms with E-state index >= 15 is 0 Å². The van der Waals surface area contributed by atoms with Crippen molar-refractivity contribution in [1.29, 1.82) is 0 Å². The number of rotatable bonds is 2. The highest BCUT2D eigenvalue weighted by Crippen LogP contribution is 2.22. The first kappa shape index (κ1) is 7.63. The molecular formula is C7H8N2O2. The van der Waals surface area contributed by atoms with Gasteiger partial charge in [-0.3, -0.25) is 0 Å². The molecule has 3 N–H and O–H groups in total. The molecule has 4 heteroatoms. The summed E-state index contributed by atoms with van der Waals surface area (Å²) < 4.78 is 4.39. The fourth-order valence-corrected chi connectivity index (χ4v) is 0.732. The van der Waals surface area contributed by atoms with Crippen molar-refractivity contribution in [3.05, 3.63) is 11.8 Å². The summed E-state index contributed by atoms with van der Waals surface area (Å²) >= 11 is 0. The van der Waals surface area contributed by atoms with Crippen LogP contribution in [0.5, 0.6) is 5.95 Å². The number of terminal acetylenes is 1. The minimum absolute atomic E-state index is 0.257. The van der Waals surface area contributed by atoms with E-state index < -0.39 is 6.04 Å². The highest BCUT2D eigenvalue weighted by atomic mass is 16.5. The zero-order valence-corrected chi connectivity index (χ0v) is 5.82. The maximum atomic E-state index is 8.97. The van der Waals surface area contributed by atoms with Gasteiger partial charge in [-0.2, -0.15) is 0 Å². The van der Waals surface area contributed by atoms with E-state index in [0.717, 1.165) is 0 Å². The number of nitrogens with two attached hydrogens (primary N) is 1. The van der Waals surface area contributed by atoms with Gasteiger partial charge in [0.05, 0.1) is 11.8 Å². The van der Waals surface area contributed by atoms with E-state index in [1.807, 2.05) is 0 Å². The van der Waals surface area contributed by atoms with Gasteiger partial charge < -0.3 is 15.4 Å². The SMILES string of the molecule is C#CCC(N)c1cnoc1O. The summed E-state index contributed by atoms with van der Waals surface area (Å²) in [7, 11) is 0. The Morgan fingerprint density at radius 3 is 3.09 bits per heavy atom. The lowest BCUT2D eigenvalue weighted by Gasteiger charge is -2.02. The summed E-state index contributed by atoms with van der Waals surface area (Å²) in [6, 6.07) is -0.397. The Morgan fingerprint density at radius 2 is 2.64 bits per heavy atom. The molecule has 0 saturated heterocycles. The third kappa shape index (κ3) is 1.51. The van der Waals surface area contributed by atoms with Gasteiger partial charge in [-0.15, -0.1) is 12.3 Å². The fourth-order valence-electron chi connectivity index (χ4n) is 0.732. The van der Waals surface area contributed by atoms with Crippen LogP contribution in [0.2, 0.25) is 0 Å². The standard InChI is InChI=1S/C7H8N2O2/c1-2-3-6(8)5-4-9-11-7(5)10/h1,4,6,10H,3,8H2. The predicted octanol–water partition coefficient (Wildman–Crippen LogP) is 0.403. The molecular weight excluding hydrogens is 144 g/mol. The van der Waals surface area contributed by atoms with Gasteiger partial charge in [-0.25, -0.2) is 0 Å². The summed E-state index contributed by atoms with van der Waals surface area (Å²) in [5.41, 5.74) is 6.00. The second kappa shape index (κ2) is 3.08. The molecule has 1 rings (SSSR count). The van der Waals surface area contributed by atoms with Crippen molar-refractivity contribution in [2.75, 3.05) is 0 Å². The monoisotopic (exact) mass is 152 g/mol. The normalized spacial score (nSPS) is 12.4. The molecule has 0 aliphatic heterocycles. The molecule has 1 aromatic rings. The average Bonchev–Trinajstić information content (AvgIpc) is 2.36. The van der Waals surface area contributed by atoms with Crippen LogP contribution in [0.1, 0.15) is 18.0 Å². The minimum Gasteiger partial charge on any atom is -0.479 e. The molecule has 0 aliphatic rings. The third-order valence-corrected chi connectivity index (χ3v) is 1.32. The summed E-state index contributed by atoms with van der Waals surface area (Å²) in [6.07, 6.45) is 6.74. The topological polar surface area (TPSA) is 72.3 Å². The number of nitrogens with zero attached hydrogens (tertiary/aromatic N) is 1. The number of hydrogen-bond acceptors (Lipinski definition) is 4. The van der Waals surface area contributed by atoms with Crippen molar-refractivity contribution >= 4 is 0 Å². The Labute approximate surface area is 64.0 Å². The minimum atomic E-state index is -0.397. The second-order valence-corrected chi connectivity index (χ2v) is 2.10. The zero-order valence-electron chi connectivity index (χ0n) is 5.82. The van der Waals surface area contributed by atoms with Crippen molar-refractivity contribution in [3.63, 3.8) is 0 Å². The number of hydrogen-bond donors (Lipinski definition) is 2. The molecule has 0 amide bonds. The van der Waals surface area contributed by atoms with Crippen LogP contribution in [0.4, 0.5) is 0 Å². The van der Waals surface area contributed by atoms with Crippen LogP contribution in [-0.2, 0) is 0 Å². The predicted molar refractivity (Wildman–Crippen MR) is 38.5 cm³/mol. The Morgan fingerprint density at radius 1 is 1.91 bits per heavy atom. The summed E-state index contributed by atoms with van der Waals surface area (Å²) in [5, 5.41) is 12.3. The van der Waals surface area contributed by atoms with Crippen molar-refractivity contribution in [3.8, 4) is 18.3 Å². The van der Waals surface area contributed by atoms with Gasteiger partial charge >= 0.3 is 5.95 Å². The lowest BCUT2D eigenvalue weighted by atomic mass is 10.1. The molecule has 1 unspecified atom stereocenters. The van der Waals surface area contributed by atoms with Gasteiger partial charge in [-0.05, 0) is 0 Å². The van der Waals surface area contributed by atoms with E-state index in [0.29, 0.717) is 12.0 Å². The fraction of sp³-hybridized carbons (Fsp3) is 0.286. The maximum absolute atomic E-state index is 8.97. The van der Waals surface area contributed by atoms with Crippen LogP contribution in [0.25, 0.3) is 0 Å². The quantitative estimate of drug-likeness (QED) is 0.602. The Balaban J connectivity index is 2.77. The van der Waals surface area contributed by atoms with Gasteiger partial charge in [0.1, 0.15) is 0 Å². The van der Waals surface area contributed by atoms with Crippen molar-refractivity contribution in [1.82, 2.24) is 5.16 Å². The summed E-state index contributed by atoms with van der Waals surface area (Å²) in [4.78, 5) is 0. The first-order chi connectivity index (χ1) is 5.25. The van der Waals surface area contributed by atoms with E-state index in [1.165, 1.54) is 6.20 Å². The van der Waals surface area contributed by atoms with Crippen LogP contribution >= 0.6 is 0 Å². The van der Waals surface area contributed by atoms with E-state index in [9.17, 15) is 0 Å². The number of aromatic nitrogens is 1. The molecule has 1 heterocycles. The summed E-state index contributed by atoms with van der Waals surface area (Å²) in [5.74, 6) is 2.12. The summed E-state index contributed by atoms with van der Waals surface area (Å²) in [6.45, 7) is 0. The van der Waals surface area contributed by atoms with Gasteiger partial charge in [0.15, 0.2) is 0 Å². The zero-order chi connectivity index (χ0) is 8.27.